The molecule has 0 aliphatic carbocycles. The number of sulfonamides is 1. The molecule has 0 aliphatic rings. The molecule has 0 amide bonds. The van der Waals surface area contributed by atoms with E-state index in [1.165, 1.54) is 0 Å². The van der Waals surface area contributed by atoms with Gasteiger partial charge >= 0.3 is 6.18 Å². The highest BCUT2D eigenvalue weighted by atomic mass is 35.5. The van der Waals surface area contributed by atoms with E-state index in [2.05, 4.69) is 19.9 Å². The minimum atomic E-state index is -4.70. The Balaban J connectivity index is 2.02. The van der Waals surface area contributed by atoms with E-state index in [1.54, 1.807) is 59.3 Å². The number of hydrogen-bond acceptors (Lipinski definition) is 4. The summed E-state index contributed by atoms with van der Waals surface area (Å²) in [4.78, 5) is 2.35. The highest BCUT2D eigenvalue weighted by Gasteiger charge is 2.42. The zero-order valence-electron chi connectivity index (χ0n) is 17.5. The van der Waals surface area contributed by atoms with Crippen molar-refractivity contribution in [3.8, 4) is 0 Å². The molecule has 0 aliphatic heterocycles. The summed E-state index contributed by atoms with van der Waals surface area (Å²) in [6, 6.07) is 13.4. The molecule has 2 N–H and O–H groups in total. The largest absolute Gasteiger partial charge is 0.451 e. The molecular formula is C21H19ClF3N5O2S. The van der Waals surface area contributed by atoms with Gasteiger partial charge in [-0.25, -0.2) is 8.42 Å². The number of aromatic amines is 1. The predicted molar refractivity (Wildman–Crippen MR) is 120 cm³/mol. The molecule has 33 heavy (non-hydrogen) atoms. The molecule has 12 heteroatoms. The summed E-state index contributed by atoms with van der Waals surface area (Å²) in [7, 11) is -3.55. The topological polar surface area (TPSA) is 92.7 Å². The lowest BCUT2D eigenvalue weighted by atomic mass is 9.85. The van der Waals surface area contributed by atoms with Crippen molar-refractivity contribution >= 4 is 38.2 Å². The van der Waals surface area contributed by atoms with Gasteiger partial charge in [-0.15, -0.1) is 10.2 Å². The number of H-pyrrole nitrogens is 1. The summed E-state index contributed by atoms with van der Waals surface area (Å²) in [6.45, 7) is 1.81. The zero-order chi connectivity index (χ0) is 24.0. The molecule has 0 saturated heterocycles. The molecule has 1 atom stereocenters. The van der Waals surface area contributed by atoms with Gasteiger partial charge in [-0.05, 0) is 42.3 Å². The van der Waals surface area contributed by atoms with Crippen LogP contribution in [-0.4, -0.2) is 34.4 Å². The predicted octanol–water partition coefficient (Wildman–Crippen LogP) is 5.01. The molecule has 0 radical (unpaired) electrons. The Morgan fingerprint density at radius 2 is 1.73 bits per heavy atom. The molecule has 2 heterocycles. The summed E-state index contributed by atoms with van der Waals surface area (Å²) in [5.74, 6) is -1.22. The van der Waals surface area contributed by atoms with Gasteiger partial charge in [-0.1, -0.05) is 36.7 Å². The van der Waals surface area contributed by atoms with Crippen LogP contribution >= 0.6 is 11.6 Å². The fourth-order valence-electron chi connectivity index (χ4n) is 4.02. The monoisotopic (exact) mass is 497 g/mol. The Bertz CT molecular complexity index is 1410. The van der Waals surface area contributed by atoms with Crippen LogP contribution in [0.15, 0.2) is 54.7 Å². The minimum absolute atomic E-state index is 0.0152. The summed E-state index contributed by atoms with van der Waals surface area (Å²) < 4.78 is 67.9. The number of anilines is 1. The van der Waals surface area contributed by atoms with E-state index in [9.17, 15) is 21.6 Å². The molecule has 2 aromatic carbocycles. The van der Waals surface area contributed by atoms with Gasteiger partial charge in [0, 0.05) is 16.6 Å². The van der Waals surface area contributed by atoms with Gasteiger partial charge in [0.15, 0.2) is 5.82 Å². The molecule has 0 spiro atoms. The molecule has 4 rings (SSSR count). The first-order valence-electron chi connectivity index (χ1n) is 9.80. The van der Waals surface area contributed by atoms with Crippen molar-refractivity contribution in [1.82, 2.24) is 19.7 Å². The van der Waals surface area contributed by atoms with Crippen LogP contribution in [0, 0.1) is 0 Å². The first kappa shape index (κ1) is 23.1. The van der Waals surface area contributed by atoms with Crippen LogP contribution in [0.1, 0.15) is 30.6 Å². The number of halogens is 4. The number of fused-ring (bicyclic) bond motifs is 1. The standard InChI is InChI=1S/C21H19ClF3N5O2S/c1-3-20(13-7-9-14(22)10-8-13,18-26-19(28-27-18)21(23,24)25)30-12-11-15-16(29-33(2,31)32)5-4-6-17(15)30/h4-12,29H,3H2,1-2H3,(H,26,27,28). The average Bonchev–Trinajstić information content (AvgIpc) is 3.38. The van der Waals surface area contributed by atoms with Gasteiger partial charge in [0.05, 0.1) is 17.5 Å². The fourth-order valence-corrected chi connectivity index (χ4v) is 4.73. The zero-order valence-corrected chi connectivity index (χ0v) is 19.1. The Morgan fingerprint density at radius 1 is 1.06 bits per heavy atom. The van der Waals surface area contributed by atoms with Crippen molar-refractivity contribution in [3.05, 3.63) is 77.0 Å². The van der Waals surface area contributed by atoms with Crippen molar-refractivity contribution in [3.63, 3.8) is 0 Å². The number of alkyl halides is 3. The Kier molecular flexibility index (Phi) is 5.65. The van der Waals surface area contributed by atoms with Crippen molar-refractivity contribution < 1.29 is 21.6 Å². The smallest absolute Gasteiger partial charge is 0.330 e. The number of rotatable bonds is 6. The van der Waals surface area contributed by atoms with Gasteiger partial charge in [-0.2, -0.15) is 13.2 Å². The van der Waals surface area contributed by atoms with Crippen LogP contribution < -0.4 is 4.72 Å². The van der Waals surface area contributed by atoms with E-state index in [-0.39, 0.29) is 5.82 Å². The van der Waals surface area contributed by atoms with Crippen LogP contribution in [-0.2, 0) is 21.7 Å². The second-order valence-electron chi connectivity index (χ2n) is 7.54. The number of hydrogen-bond donors (Lipinski definition) is 2. The van der Waals surface area contributed by atoms with Crippen molar-refractivity contribution in [1.29, 1.82) is 0 Å². The first-order chi connectivity index (χ1) is 15.5. The molecule has 1 unspecified atom stereocenters. The third-order valence-corrected chi connectivity index (χ3v) is 6.26. The summed E-state index contributed by atoms with van der Waals surface area (Å²) in [5, 5.41) is 8.26. The SMILES string of the molecule is CCC(c1ccc(Cl)cc1)(c1nnc(C(F)(F)F)[nH]1)n1ccc2c(NS(C)(=O)=O)cccc21. The minimum Gasteiger partial charge on any atom is -0.330 e. The van der Waals surface area contributed by atoms with Crippen LogP contribution in [0.4, 0.5) is 18.9 Å². The van der Waals surface area contributed by atoms with Gasteiger partial charge in [0.25, 0.3) is 0 Å². The van der Waals surface area contributed by atoms with Crippen LogP contribution in [0.5, 0.6) is 0 Å². The molecule has 2 aromatic heterocycles. The van der Waals surface area contributed by atoms with Gasteiger partial charge in [0.1, 0.15) is 5.54 Å². The van der Waals surface area contributed by atoms with Crippen LogP contribution in [0.3, 0.4) is 0 Å². The third-order valence-electron chi connectivity index (χ3n) is 5.42. The number of aromatic nitrogens is 4. The van der Waals surface area contributed by atoms with Gasteiger partial charge < -0.3 is 9.55 Å². The lowest BCUT2D eigenvalue weighted by Gasteiger charge is -2.34. The van der Waals surface area contributed by atoms with Gasteiger partial charge in [-0.3, -0.25) is 4.72 Å². The molecule has 0 bridgehead atoms. The van der Waals surface area contributed by atoms with Crippen molar-refractivity contribution in [2.24, 2.45) is 0 Å². The highest BCUT2D eigenvalue weighted by molar-refractivity contribution is 7.92. The van der Waals surface area contributed by atoms with E-state index >= 15 is 0 Å². The van der Waals surface area contributed by atoms with Crippen LogP contribution in [0.25, 0.3) is 10.9 Å². The Labute approximate surface area is 192 Å². The fraction of sp³-hybridized carbons (Fsp3) is 0.238. The third kappa shape index (κ3) is 4.18. The lowest BCUT2D eigenvalue weighted by molar-refractivity contribution is -0.144. The maximum atomic E-state index is 13.3. The molecule has 4 aromatic rings. The van der Waals surface area contributed by atoms with Gasteiger partial charge in [0.2, 0.25) is 15.8 Å². The maximum absolute atomic E-state index is 13.3. The van der Waals surface area contributed by atoms with E-state index < -0.39 is 27.6 Å². The number of nitrogens with one attached hydrogen (secondary N) is 2. The van der Waals surface area contributed by atoms with E-state index in [4.69, 9.17) is 11.6 Å². The first-order valence-corrected chi connectivity index (χ1v) is 12.1. The maximum Gasteiger partial charge on any atom is 0.451 e. The molecule has 174 valence electrons. The number of nitrogens with zero attached hydrogens (tertiary/aromatic N) is 3. The van der Waals surface area contributed by atoms with Crippen LogP contribution in [0.2, 0.25) is 5.02 Å². The lowest BCUT2D eigenvalue weighted by Crippen LogP contribution is -2.36. The summed E-state index contributed by atoms with van der Waals surface area (Å²) >= 11 is 6.06. The summed E-state index contributed by atoms with van der Waals surface area (Å²) in [5.41, 5.74) is 0.346. The van der Waals surface area contributed by atoms with E-state index in [0.717, 1.165) is 6.26 Å². The molecule has 7 nitrogen and oxygen atoms in total. The molecular weight excluding hydrogens is 479 g/mol. The second-order valence-corrected chi connectivity index (χ2v) is 9.72. The molecule has 0 saturated carbocycles. The normalized spacial score (nSPS) is 14.4. The summed E-state index contributed by atoms with van der Waals surface area (Å²) in [6.07, 6.45) is -1.67. The van der Waals surface area contributed by atoms with Crippen molar-refractivity contribution in [2.45, 2.75) is 25.1 Å². The highest BCUT2D eigenvalue weighted by Crippen LogP contribution is 2.41. The second kappa shape index (κ2) is 8.07. The quantitative estimate of drug-likeness (QED) is 0.392. The Morgan fingerprint density at radius 3 is 2.30 bits per heavy atom. The average molecular weight is 498 g/mol. The van der Waals surface area contributed by atoms with E-state index in [0.29, 0.717) is 33.6 Å². The molecule has 0 fully saturated rings. The van der Waals surface area contributed by atoms with E-state index in [1.807, 2.05) is 6.92 Å². The number of benzene rings is 2. The Hall–Kier alpha value is -3.05. The van der Waals surface area contributed by atoms with Crippen molar-refractivity contribution in [2.75, 3.05) is 11.0 Å².